The number of nitrogens with zero attached hydrogens (tertiary/aromatic N) is 2. The highest BCUT2D eigenvalue weighted by atomic mass is 16.2. The van der Waals surface area contributed by atoms with E-state index in [4.69, 9.17) is 5.26 Å². The van der Waals surface area contributed by atoms with Gasteiger partial charge in [0.15, 0.2) is 0 Å². The second-order valence-corrected chi connectivity index (χ2v) is 9.92. The fourth-order valence-electron chi connectivity index (χ4n) is 5.21. The van der Waals surface area contributed by atoms with Crippen LogP contribution in [0.5, 0.6) is 0 Å². The first-order chi connectivity index (χ1) is 19.6. The van der Waals surface area contributed by atoms with E-state index < -0.39 is 12.0 Å². The van der Waals surface area contributed by atoms with Gasteiger partial charge in [-0.05, 0) is 45.5 Å². The number of carbonyl (C=O) groups is 2. The lowest BCUT2D eigenvalue weighted by Crippen LogP contribution is -2.50. The molecule has 1 heterocycles. The second kappa shape index (κ2) is 12.7. The summed E-state index contributed by atoms with van der Waals surface area (Å²) in [5.74, 6) is -0.944. The topological polar surface area (TPSA) is 111 Å². The van der Waals surface area contributed by atoms with Gasteiger partial charge in [0.25, 0.3) is 0 Å². The van der Waals surface area contributed by atoms with Crippen molar-refractivity contribution in [2.45, 2.75) is 31.7 Å². The molecule has 5 rings (SSSR count). The molecule has 0 aliphatic rings. The molecule has 0 aliphatic heterocycles. The van der Waals surface area contributed by atoms with Gasteiger partial charge in [0.2, 0.25) is 11.8 Å². The standard InChI is InChI=1S/C33H31N5O2/c34-16-7-17-36-33(40)31(20-28-21-35-22-37-28)38-32(39)27(18-25-12-5-10-23-8-1-3-14-29(23)25)19-26-13-6-11-24-9-2-4-15-30(24)26/h1-6,8-15,21-22,27,31H,7,17-20H2,(H,35,37)(H,36,40)(H,38,39). The quantitative estimate of drug-likeness (QED) is 0.212. The van der Waals surface area contributed by atoms with Crippen LogP contribution < -0.4 is 10.6 Å². The molecule has 1 unspecified atom stereocenters. The molecule has 4 aromatic carbocycles. The van der Waals surface area contributed by atoms with Crippen molar-refractivity contribution < 1.29 is 9.59 Å². The Hall–Kier alpha value is -4.96. The first-order valence-electron chi connectivity index (χ1n) is 13.5. The maximum absolute atomic E-state index is 14.0. The number of nitriles is 1. The van der Waals surface area contributed by atoms with Crippen molar-refractivity contribution in [1.29, 1.82) is 5.26 Å². The third kappa shape index (κ3) is 6.36. The largest absolute Gasteiger partial charge is 0.353 e. The fourth-order valence-corrected chi connectivity index (χ4v) is 5.21. The summed E-state index contributed by atoms with van der Waals surface area (Å²) < 4.78 is 0. The number of rotatable bonds is 11. The van der Waals surface area contributed by atoms with Crippen LogP contribution in [0.1, 0.15) is 23.2 Å². The lowest BCUT2D eigenvalue weighted by molar-refractivity contribution is -0.131. The molecule has 1 atom stereocenters. The number of aromatic amines is 1. The average Bonchev–Trinajstić information content (AvgIpc) is 3.50. The molecule has 3 N–H and O–H groups in total. The Balaban J connectivity index is 1.46. The number of H-pyrrole nitrogens is 1. The Kier molecular flexibility index (Phi) is 8.47. The number of hydrogen-bond acceptors (Lipinski definition) is 4. The van der Waals surface area contributed by atoms with E-state index in [1.165, 1.54) is 0 Å². The highest BCUT2D eigenvalue weighted by Crippen LogP contribution is 2.26. The van der Waals surface area contributed by atoms with Gasteiger partial charge in [-0.15, -0.1) is 0 Å². The van der Waals surface area contributed by atoms with Crippen LogP contribution >= 0.6 is 0 Å². The zero-order chi connectivity index (χ0) is 27.7. The summed E-state index contributed by atoms with van der Waals surface area (Å²) in [7, 11) is 0. The van der Waals surface area contributed by atoms with E-state index >= 15 is 0 Å². The third-order valence-corrected chi connectivity index (χ3v) is 7.21. The summed E-state index contributed by atoms with van der Waals surface area (Å²) in [6.07, 6.45) is 4.68. The van der Waals surface area contributed by atoms with E-state index in [-0.39, 0.29) is 31.2 Å². The SMILES string of the molecule is N#CCCNC(=O)C(Cc1cnc[nH]1)NC(=O)C(Cc1cccc2ccccc12)Cc1cccc2ccccc12. The zero-order valence-electron chi connectivity index (χ0n) is 22.1. The van der Waals surface area contributed by atoms with Gasteiger partial charge in [0, 0.05) is 30.8 Å². The van der Waals surface area contributed by atoms with E-state index in [1.807, 2.05) is 42.5 Å². The third-order valence-electron chi connectivity index (χ3n) is 7.21. The zero-order valence-corrected chi connectivity index (χ0v) is 22.1. The average molecular weight is 530 g/mol. The lowest BCUT2D eigenvalue weighted by Gasteiger charge is -2.23. The van der Waals surface area contributed by atoms with Crippen molar-refractivity contribution in [3.05, 3.63) is 114 Å². The summed E-state index contributed by atoms with van der Waals surface area (Å²) in [6.45, 7) is 0.222. The fraction of sp³-hybridized carbons (Fsp3) is 0.212. The summed E-state index contributed by atoms with van der Waals surface area (Å²) in [4.78, 5) is 34.2. The highest BCUT2D eigenvalue weighted by Gasteiger charge is 2.27. The molecule has 40 heavy (non-hydrogen) atoms. The highest BCUT2D eigenvalue weighted by molar-refractivity contribution is 5.91. The Bertz CT molecular complexity index is 1560. The number of hydrogen-bond donors (Lipinski definition) is 3. The predicted molar refractivity (Wildman–Crippen MR) is 156 cm³/mol. The number of imidazole rings is 1. The maximum Gasteiger partial charge on any atom is 0.243 e. The normalized spacial score (nSPS) is 11.8. The number of nitrogens with one attached hydrogen (secondary N) is 3. The van der Waals surface area contributed by atoms with E-state index in [0.29, 0.717) is 12.8 Å². The van der Waals surface area contributed by atoms with Crippen molar-refractivity contribution in [3.8, 4) is 6.07 Å². The molecule has 0 saturated carbocycles. The van der Waals surface area contributed by atoms with Crippen LogP contribution in [-0.4, -0.2) is 34.4 Å². The van der Waals surface area contributed by atoms with E-state index in [2.05, 4.69) is 69.1 Å². The molecule has 0 fully saturated rings. The number of carbonyl (C=O) groups excluding carboxylic acids is 2. The van der Waals surface area contributed by atoms with E-state index in [1.54, 1.807) is 12.5 Å². The molecular weight excluding hydrogens is 498 g/mol. The van der Waals surface area contributed by atoms with Gasteiger partial charge < -0.3 is 15.6 Å². The van der Waals surface area contributed by atoms with Gasteiger partial charge in [0.1, 0.15) is 6.04 Å². The molecule has 0 bridgehead atoms. The summed E-state index contributed by atoms with van der Waals surface area (Å²) >= 11 is 0. The van der Waals surface area contributed by atoms with Crippen LogP contribution in [0.2, 0.25) is 0 Å². The molecule has 1 aromatic heterocycles. The molecule has 5 aromatic rings. The number of benzene rings is 4. The summed E-state index contributed by atoms with van der Waals surface area (Å²) in [5.41, 5.74) is 2.91. The summed E-state index contributed by atoms with van der Waals surface area (Å²) in [6, 6.07) is 29.9. The minimum atomic E-state index is -0.811. The van der Waals surface area contributed by atoms with Gasteiger partial charge in [-0.25, -0.2) is 4.98 Å². The first kappa shape index (κ1) is 26.6. The minimum absolute atomic E-state index is 0.194. The van der Waals surface area contributed by atoms with Crippen molar-refractivity contribution in [2.24, 2.45) is 5.92 Å². The molecule has 0 saturated heterocycles. The van der Waals surface area contributed by atoms with Crippen LogP contribution in [-0.2, 0) is 28.9 Å². The maximum atomic E-state index is 14.0. The Morgan fingerprint density at radius 1 is 0.800 bits per heavy atom. The summed E-state index contributed by atoms with van der Waals surface area (Å²) in [5, 5.41) is 19.2. The van der Waals surface area contributed by atoms with Crippen LogP contribution in [0.25, 0.3) is 21.5 Å². The van der Waals surface area contributed by atoms with E-state index in [0.717, 1.165) is 38.4 Å². The minimum Gasteiger partial charge on any atom is -0.353 e. The Morgan fingerprint density at radius 2 is 1.40 bits per heavy atom. The molecule has 0 radical (unpaired) electrons. The molecule has 7 nitrogen and oxygen atoms in total. The first-order valence-corrected chi connectivity index (χ1v) is 13.5. The monoisotopic (exact) mass is 529 g/mol. The number of aromatic nitrogens is 2. The molecule has 200 valence electrons. The van der Waals surface area contributed by atoms with Crippen LogP contribution in [0, 0.1) is 17.2 Å². The molecule has 7 heteroatoms. The Morgan fingerprint density at radius 3 is 1.98 bits per heavy atom. The van der Waals surface area contributed by atoms with Crippen molar-refractivity contribution in [3.63, 3.8) is 0 Å². The van der Waals surface area contributed by atoms with Gasteiger partial charge in [0.05, 0.1) is 18.8 Å². The Labute approximate surface area is 233 Å². The van der Waals surface area contributed by atoms with Crippen LogP contribution in [0.15, 0.2) is 97.5 Å². The molecule has 0 spiro atoms. The molecule has 2 amide bonds. The smallest absolute Gasteiger partial charge is 0.243 e. The van der Waals surface area contributed by atoms with Crippen molar-refractivity contribution in [1.82, 2.24) is 20.6 Å². The van der Waals surface area contributed by atoms with Crippen LogP contribution in [0.3, 0.4) is 0 Å². The van der Waals surface area contributed by atoms with E-state index in [9.17, 15) is 9.59 Å². The van der Waals surface area contributed by atoms with Gasteiger partial charge >= 0.3 is 0 Å². The van der Waals surface area contributed by atoms with Crippen molar-refractivity contribution in [2.75, 3.05) is 6.54 Å². The number of amides is 2. The predicted octanol–water partition coefficient (Wildman–Crippen LogP) is 4.87. The van der Waals surface area contributed by atoms with Crippen LogP contribution in [0.4, 0.5) is 0 Å². The lowest BCUT2D eigenvalue weighted by atomic mass is 9.87. The van der Waals surface area contributed by atoms with Gasteiger partial charge in [-0.3, -0.25) is 9.59 Å². The molecule has 0 aliphatic carbocycles. The second-order valence-electron chi connectivity index (χ2n) is 9.92. The van der Waals surface area contributed by atoms with Gasteiger partial charge in [-0.1, -0.05) is 84.9 Å². The number of fused-ring (bicyclic) bond motifs is 2. The van der Waals surface area contributed by atoms with Crippen molar-refractivity contribution >= 4 is 33.4 Å². The molecular formula is C33H31N5O2. The van der Waals surface area contributed by atoms with Gasteiger partial charge in [-0.2, -0.15) is 5.26 Å².